The summed E-state index contributed by atoms with van der Waals surface area (Å²) in [7, 11) is 0. The first-order chi connectivity index (χ1) is 10.0. The molecule has 1 atom stereocenters. The molecule has 1 unspecified atom stereocenters. The summed E-state index contributed by atoms with van der Waals surface area (Å²) in [6.07, 6.45) is 3.24. The van der Waals surface area contributed by atoms with E-state index in [2.05, 4.69) is 4.98 Å². The van der Waals surface area contributed by atoms with Crippen LogP contribution in [-0.2, 0) is 0 Å². The summed E-state index contributed by atoms with van der Waals surface area (Å²) in [6.45, 7) is 1.93. The lowest BCUT2D eigenvalue weighted by molar-refractivity contribution is -0.385. The molecule has 0 spiro atoms. The van der Waals surface area contributed by atoms with Crippen molar-refractivity contribution in [3.05, 3.63) is 64.5 Å². The number of rotatable bonds is 3. The van der Waals surface area contributed by atoms with E-state index in [0.29, 0.717) is 5.65 Å². The summed E-state index contributed by atoms with van der Waals surface area (Å²) in [5.74, 6) is 0. The molecule has 2 N–H and O–H groups in total. The van der Waals surface area contributed by atoms with Crippen molar-refractivity contribution in [2.75, 3.05) is 0 Å². The highest BCUT2D eigenvalue weighted by Crippen LogP contribution is 2.22. The first-order valence-electron chi connectivity index (χ1n) is 6.53. The van der Waals surface area contributed by atoms with Crippen LogP contribution in [0.4, 0.5) is 5.69 Å². The Kier molecular flexibility index (Phi) is 3.15. The van der Waals surface area contributed by atoms with Crippen LogP contribution in [0.15, 0.2) is 48.8 Å². The number of benzene rings is 1. The number of aromatic nitrogens is 2. The van der Waals surface area contributed by atoms with Crippen molar-refractivity contribution in [2.24, 2.45) is 5.73 Å². The Hall–Kier alpha value is -2.73. The summed E-state index contributed by atoms with van der Waals surface area (Å²) >= 11 is 0. The number of imidazole rings is 1. The summed E-state index contributed by atoms with van der Waals surface area (Å²) in [4.78, 5) is 14.8. The standard InChI is InChI=1S/C15H14N4O2/c1-10(16)11-2-4-12(5-3-11)14-9-18-8-13(19(20)21)6-7-15(18)17-14/h2-10H,16H2,1H3. The van der Waals surface area contributed by atoms with E-state index >= 15 is 0 Å². The molecule has 0 aliphatic heterocycles. The minimum atomic E-state index is -0.420. The van der Waals surface area contributed by atoms with E-state index < -0.39 is 4.92 Å². The minimum Gasteiger partial charge on any atom is -0.324 e. The van der Waals surface area contributed by atoms with Crippen LogP contribution in [0.3, 0.4) is 0 Å². The molecular weight excluding hydrogens is 268 g/mol. The zero-order chi connectivity index (χ0) is 15.0. The Morgan fingerprint density at radius 2 is 1.90 bits per heavy atom. The molecule has 0 radical (unpaired) electrons. The average molecular weight is 282 g/mol. The number of hydrogen-bond donors (Lipinski definition) is 1. The topological polar surface area (TPSA) is 86.5 Å². The van der Waals surface area contributed by atoms with Gasteiger partial charge in [0.1, 0.15) is 5.65 Å². The van der Waals surface area contributed by atoms with Crippen molar-refractivity contribution in [3.63, 3.8) is 0 Å². The molecule has 106 valence electrons. The van der Waals surface area contributed by atoms with E-state index in [9.17, 15) is 10.1 Å². The van der Waals surface area contributed by atoms with Gasteiger partial charge in [-0.3, -0.25) is 14.5 Å². The van der Waals surface area contributed by atoms with Crippen molar-refractivity contribution >= 4 is 11.3 Å². The maximum Gasteiger partial charge on any atom is 0.286 e. The molecule has 6 nitrogen and oxygen atoms in total. The second-order valence-corrected chi connectivity index (χ2v) is 4.95. The fraction of sp³-hybridized carbons (Fsp3) is 0.133. The largest absolute Gasteiger partial charge is 0.324 e. The lowest BCUT2D eigenvalue weighted by Crippen LogP contribution is -2.04. The summed E-state index contributed by atoms with van der Waals surface area (Å²) in [5, 5.41) is 10.8. The molecule has 21 heavy (non-hydrogen) atoms. The van der Waals surface area contributed by atoms with E-state index in [1.807, 2.05) is 31.2 Å². The molecule has 0 fully saturated rings. The Morgan fingerprint density at radius 3 is 2.52 bits per heavy atom. The fourth-order valence-electron chi connectivity index (χ4n) is 2.18. The fourth-order valence-corrected chi connectivity index (χ4v) is 2.18. The first-order valence-corrected chi connectivity index (χ1v) is 6.53. The van der Waals surface area contributed by atoms with Crippen molar-refractivity contribution < 1.29 is 4.92 Å². The van der Waals surface area contributed by atoms with Crippen LogP contribution in [0.5, 0.6) is 0 Å². The number of nitro groups is 1. The van der Waals surface area contributed by atoms with Crippen LogP contribution in [0, 0.1) is 10.1 Å². The van der Waals surface area contributed by atoms with Crippen molar-refractivity contribution in [3.8, 4) is 11.3 Å². The van der Waals surface area contributed by atoms with Crippen LogP contribution in [0.2, 0.25) is 0 Å². The van der Waals surface area contributed by atoms with Gasteiger partial charge in [-0.25, -0.2) is 4.98 Å². The number of hydrogen-bond acceptors (Lipinski definition) is 4. The maximum absolute atomic E-state index is 10.8. The van der Waals surface area contributed by atoms with Crippen LogP contribution in [0.25, 0.3) is 16.9 Å². The average Bonchev–Trinajstić information content (AvgIpc) is 2.90. The third-order valence-electron chi connectivity index (χ3n) is 3.38. The van der Waals surface area contributed by atoms with Gasteiger partial charge in [-0.05, 0) is 18.6 Å². The summed E-state index contributed by atoms with van der Waals surface area (Å²) < 4.78 is 1.66. The van der Waals surface area contributed by atoms with Gasteiger partial charge in [-0.15, -0.1) is 0 Å². The van der Waals surface area contributed by atoms with E-state index in [0.717, 1.165) is 16.8 Å². The molecule has 2 aromatic heterocycles. The lowest BCUT2D eigenvalue weighted by Gasteiger charge is -2.05. The second-order valence-electron chi connectivity index (χ2n) is 4.95. The van der Waals surface area contributed by atoms with Gasteiger partial charge in [0, 0.05) is 23.9 Å². The van der Waals surface area contributed by atoms with Gasteiger partial charge in [-0.1, -0.05) is 24.3 Å². The maximum atomic E-state index is 10.8. The molecule has 3 aromatic rings. The Morgan fingerprint density at radius 1 is 1.19 bits per heavy atom. The molecule has 2 heterocycles. The van der Waals surface area contributed by atoms with Gasteiger partial charge >= 0.3 is 0 Å². The Labute approximate surface area is 121 Å². The van der Waals surface area contributed by atoms with Gasteiger partial charge in [0.15, 0.2) is 0 Å². The molecule has 0 aliphatic carbocycles. The van der Waals surface area contributed by atoms with Crippen LogP contribution in [-0.4, -0.2) is 14.3 Å². The SMILES string of the molecule is CC(N)c1ccc(-c2cn3cc([N+](=O)[O-])ccc3n2)cc1. The van der Waals surface area contributed by atoms with Gasteiger partial charge < -0.3 is 5.73 Å². The molecule has 0 bridgehead atoms. The third-order valence-corrected chi connectivity index (χ3v) is 3.38. The molecule has 0 amide bonds. The minimum absolute atomic E-state index is 0.0113. The highest BCUT2D eigenvalue weighted by atomic mass is 16.6. The zero-order valence-corrected chi connectivity index (χ0v) is 11.4. The van der Waals surface area contributed by atoms with E-state index in [4.69, 9.17) is 5.73 Å². The molecule has 0 saturated carbocycles. The normalized spacial score (nSPS) is 12.5. The van der Waals surface area contributed by atoms with Gasteiger partial charge in [0.2, 0.25) is 0 Å². The van der Waals surface area contributed by atoms with E-state index in [-0.39, 0.29) is 11.7 Å². The van der Waals surface area contributed by atoms with Crippen LogP contribution < -0.4 is 5.73 Å². The van der Waals surface area contributed by atoms with Crippen molar-refractivity contribution in [1.82, 2.24) is 9.38 Å². The van der Waals surface area contributed by atoms with Gasteiger partial charge in [0.05, 0.1) is 16.8 Å². The number of pyridine rings is 1. The molecule has 6 heteroatoms. The zero-order valence-electron chi connectivity index (χ0n) is 11.4. The molecule has 0 saturated heterocycles. The summed E-state index contributed by atoms with van der Waals surface area (Å²) in [6, 6.07) is 10.9. The number of nitrogens with two attached hydrogens (primary N) is 1. The molecule has 0 aliphatic rings. The third kappa shape index (κ3) is 2.48. The molecule has 3 rings (SSSR count). The highest BCUT2D eigenvalue weighted by molar-refractivity contribution is 5.63. The van der Waals surface area contributed by atoms with Crippen LogP contribution in [0.1, 0.15) is 18.5 Å². The number of nitrogens with zero attached hydrogens (tertiary/aromatic N) is 3. The quantitative estimate of drug-likeness (QED) is 0.591. The predicted molar refractivity (Wildman–Crippen MR) is 79.9 cm³/mol. The first kappa shape index (κ1) is 13.3. The van der Waals surface area contributed by atoms with Crippen molar-refractivity contribution in [1.29, 1.82) is 0 Å². The lowest BCUT2D eigenvalue weighted by atomic mass is 10.1. The predicted octanol–water partition coefficient (Wildman–Crippen LogP) is 2.93. The molecule has 1 aromatic carbocycles. The molecular formula is C15H14N4O2. The Bertz CT molecular complexity index is 806. The number of fused-ring (bicyclic) bond motifs is 1. The van der Waals surface area contributed by atoms with E-state index in [1.54, 1.807) is 16.7 Å². The van der Waals surface area contributed by atoms with Crippen LogP contribution >= 0.6 is 0 Å². The smallest absolute Gasteiger partial charge is 0.286 e. The monoisotopic (exact) mass is 282 g/mol. The van der Waals surface area contributed by atoms with Gasteiger partial charge in [-0.2, -0.15) is 0 Å². The Balaban J connectivity index is 2.02. The summed E-state index contributed by atoms with van der Waals surface area (Å²) in [5.41, 5.74) is 9.31. The van der Waals surface area contributed by atoms with Gasteiger partial charge in [0.25, 0.3) is 5.69 Å². The second kappa shape index (κ2) is 4.99. The van der Waals surface area contributed by atoms with E-state index in [1.165, 1.54) is 12.3 Å². The highest BCUT2D eigenvalue weighted by Gasteiger charge is 2.10. The van der Waals surface area contributed by atoms with Crippen molar-refractivity contribution in [2.45, 2.75) is 13.0 Å².